The number of aliphatic hydroxyl groups is 1. The largest absolute Gasteiger partial charge is 0.507 e. The summed E-state index contributed by atoms with van der Waals surface area (Å²) in [6.07, 6.45) is 0. The summed E-state index contributed by atoms with van der Waals surface area (Å²) >= 11 is 0. The molecule has 32 heavy (non-hydrogen) atoms. The van der Waals surface area contributed by atoms with Crippen LogP contribution >= 0.6 is 0 Å². The first-order chi connectivity index (χ1) is 15.5. The second kappa shape index (κ2) is 8.55. The number of hydrogen-bond donors (Lipinski definition) is 1. The van der Waals surface area contributed by atoms with E-state index in [1.165, 1.54) is 31.3 Å². The van der Waals surface area contributed by atoms with Crippen molar-refractivity contribution in [1.82, 2.24) is 0 Å². The topological polar surface area (TPSA) is 76.1 Å². The van der Waals surface area contributed by atoms with Crippen molar-refractivity contribution in [2.75, 3.05) is 19.1 Å². The Hall–Kier alpha value is -4.13. The number of ketones is 1. The average molecular weight is 433 g/mol. The lowest BCUT2D eigenvalue weighted by Gasteiger charge is -2.25. The first-order valence-electron chi connectivity index (χ1n) is 9.80. The number of carbonyl (C=O) groups is 2. The van der Waals surface area contributed by atoms with E-state index < -0.39 is 29.3 Å². The third-order valence-corrected chi connectivity index (χ3v) is 5.30. The molecule has 1 N–H and O–H groups in total. The fourth-order valence-corrected chi connectivity index (χ4v) is 3.82. The van der Waals surface area contributed by atoms with Gasteiger partial charge in [0.2, 0.25) is 0 Å². The third-order valence-electron chi connectivity index (χ3n) is 5.30. The number of amides is 1. The van der Waals surface area contributed by atoms with Gasteiger partial charge in [-0.15, -0.1) is 0 Å². The lowest BCUT2D eigenvalue weighted by molar-refractivity contribution is -0.132. The van der Waals surface area contributed by atoms with E-state index in [9.17, 15) is 19.1 Å². The Morgan fingerprint density at radius 3 is 2.38 bits per heavy atom. The molecule has 1 saturated heterocycles. The molecule has 0 spiro atoms. The number of para-hydroxylation sites is 1. The van der Waals surface area contributed by atoms with Gasteiger partial charge in [-0.3, -0.25) is 14.5 Å². The summed E-state index contributed by atoms with van der Waals surface area (Å²) < 4.78 is 24.5. The minimum absolute atomic E-state index is 0.0218. The van der Waals surface area contributed by atoms with Crippen molar-refractivity contribution in [3.8, 4) is 11.5 Å². The maximum Gasteiger partial charge on any atom is 0.300 e. The minimum atomic E-state index is -0.958. The van der Waals surface area contributed by atoms with E-state index in [0.29, 0.717) is 17.0 Å². The fourth-order valence-electron chi connectivity index (χ4n) is 3.82. The van der Waals surface area contributed by atoms with Gasteiger partial charge in [0.05, 0.1) is 31.4 Å². The molecule has 6 nitrogen and oxygen atoms in total. The molecule has 3 aromatic carbocycles. The Morgan fingerprint density at radius 2 is 1.69 bits per heavy atom. The molecule has 4 rings (SSSR count). The van der Waals surface area contributed by atoms with Crippen LogP contribution in [-0.2, 0) is 9.59 Å². The Balaban J connectivity index is 1.99. The lowest BCUT2D eigenvalue weighted by Crippen LogP contribution is -2.29. The van der Waals surface area contributed by atoms with Crippen LogP contribution in [0.5, 0.6) is 11.5 Å². The van der Waals surface area contributed by atoms with Crippen LogP contribution in [0.4, 0.5) is 10.1 Å². The van der Waals surface area contributed by atoms with Crippen molar-refractivity contribution < 1.29 is 28.6 Å². The predicted octanol–water partition coefficient (Wildman–Crippen LogP) is 4.47. The summed E-state index contributed by atoms with van der Waals surface area (Å²) in [7, 11) is 2.87. The smallest absolute Gasteiger partial charge is 0.300 e. The monoisotopic (exact) mass is 433 g/mol. The highest BCUT2D eigenvalue weighted by Gasteiger charge is 2.47. The average Bonchev–Trinajstić information content (AvgIpc) is 3.09. The molecule has 0 bridgehead atoms. The van der Waals surface area contributed by atoms with Gasteiger partial charge in [-0.2, -0.15) is 0 Å². The highest BCUT2D eigenvalue weighted by atomic mass is 19.1. The Bertz CT molecular complexity index is 1220. The number of Topliss-reactive ketones (excluding diaryl/α,β-unsaturated/α-hetero) is 1. The normalized spacial score (nSPS) is 17.5. The Labute approximate surface area is 184 Å². The maximum absolute atomic E-state index is 14.0. The van der Waals surface area contributed by atoms with Crippen molar-refractivity contribution in [3.05, 3.63) is 95.3 Å². The third kappa shape index (κ3) is 3.58. The molecule has 1 amide bonds. The van der Waals surface area contributed by atoms with Gasteiger partial charge in [-0.1, -0.05) is 30.3 Å². The molecule has 0 aliphatic carbocycles. The van der Waals surface area contributed by atoms with Gasteiger partial charge in [0.25, 0.3) is 11.7 Å². The van der Waals surface area contributed by atoms with Crippen molar-refractivity contribution in [1.29, 1.82) is 0 Å². The maximum atomic E-state index is 14.0. The van der Waals surface area contributed by atoms with Gasteiger partial charge in [0, 0.05) is 5.69 Å². The number of ether oxygens (including phenoxy) is 2. The number of anilines is 1. The molecular formula is C25H20FNO5. The van der Waals surface area contributed by atoms with Gasteiger partial charge in [0.15, 0.2) is 0 Å². The van der Waals surface area contributed by atoms with E-state index in [1.807, 2.05) is 0 Å². The standard InChI is InChI=1S/C25H20FNO5/c1-31-18-10-6-7-15(13-18)22-21(23(28)19-14-16(26)11-12-20(19)32-2)24(29)25(30)27(22)17-8-4-3-5-9-17/h3-14,22,28H,1-2H3/b23-21+. The molecular weight excluding hydrogens is 413 g/mol. The summed E-state index contributed by atoms with van der Waals surface area (Å²) in [5.74, 6) is -2.15. The number of halogens is 1. The first-order valence-corrected chi connectivity index (χ1v) is 9.80. The minimum Gasteiger partial charge on any atom is -0.507 e. The van der Waals surface area contributed by atoms with Gasteiger partial charge in [-0.25, -0.2) is 4.39 Å². The first kappa shape index (κ1) is 21.1. The van der Waals surface area contributed by atoms with Crippen LogP contribution < -0.4 is 14.4 Å². The van der Waals surface area contributed by atoms with E-state index in [-0.39, 0.29) is 16.9 Å². The summed E-state index contributed by atoms with van der Waals surface area (Å²) in [5.41, 5.74) is 0.833. The van der Waals surface area contributed by atoms with Crippen LogP contribution in [0.2, 0.25) is 0 Å². The second-order valence-electron chi connectivity index (χ2n) is 7.13. The van der Waals surface area contributed by atoms with Crippen molar-refractivity contribution in [2.45, 2.75) is 6.04 Å². The number of rotatable bonds is 5. The molecule has 7 heteroatoms. The van der Waals surface area contributed by atoms with Crippen LogP contribution in [-0.4, -0.2) is 31.0 Å². The number of nitrogens with zero attached hydrogens (tertiary/aromatic N) is 1. The number of methoxy groups -OCH3 is 2. The molecule has 0 saturated carbocycles. The summed E-state index contributed by atoms with van der Waals surface area (Å²) in [5, 5.41) is 11.2. The van der Waals surface area contributed by atoms with E-state index >= 15 is 0 Å². The molecule has 0 aromatic heterocycles. The summed E-state index contributed by atoms with van der Waals surface area (Å²) in [6.45, 7) is 0. The van der Waals surface area contributed by atoms with E-state index in [1.54, 1.807) is 54.6 Å². The zero-order valence-electron chi connectivity index (χ0n) is 17.4. The quantitative estimate of drug-likeness (QED) is 0.365. The number of aliphatic hydroxyl groups excluding tert-OH is 1. The van der Waals surface area contributed by atoms with Crippen molar-refractivity contribution >= 4 is 23.1 Å². The number of carbonyl (C=O) groups excluding carboxylic acids is 2. The SMILES string of the molecule is COc1cccc(C2/C(=C(\O)c3cc(F)ccc3OC)C(=O)C(=O)N2c2ccccc2)c1. The van der Waals surface area contributed by atoms with Gasteiger partial charge in [0.1, 0.15) is 23.1 Å². The van der Waals surface area contributed by atoms with Gasteiger partial charge < -0.3 is 14.6 Å². The Morgan fingerprint density at radius 1 is 0.938 bits per heavy atom. The predicted molar refractivity (Wildman–Crippen MR) is 117 cm³/mol. The zero-order chi connectivity index (χ0) is 22.8. The van der Waals surface area contributed by atoms with Crippen molar-refractivity contribution in [2.24, 2.45) is 0 Å². The van der Waals surface area contributed by atoms with E-state index in [4.69, 9.17) is 9.47 Å². The number of benzene rings is 3. The zero-order valence-corrected chi connectivity index (χ0v) is 17.4. The van der Waals surface area contributed by atoms with Crippen LogP contribution in [0.25, 0.3) is 5.76 Å². The van der Waals surface area contributed by atoms with E-state index in [0.717, 1.165) is 6.07 Å². The van der Waals surface area contributed by atoms with Crippen molar-refractivity contribution in [3.63, 3.8) is 0 Å². The summed E-state index contributed by atoms with van der Waals surface area (Å²) in [6, 6.07) is 18.2. The van der Waals surface area contributed by atoms with Gasteiger partial charge in [-0.05, 0) is 48.0 Å². The Kier molecular flexibility index (Phi) is 5.64. The molecule has 162 valence electrons. The molecule has 1 fully saturated rings. The highest BCUT2D eigenvalue weighted by Crippen LogP contribution is 2.43. The number of hydrogen-bond acceptors (Lipinski definition) is 5. The van der Waals surface area contributed by atoms with Gasteiger partial charge >= 0.3 is 0 Å². The molecule has 1 heterocycles. The fraction of sp³-hybridized carbons (Fsp3) is 0.120. The summed E-state index contributed by atoms with van der Waals surface area (Å²) in [4.78, 5) is 27.6. The molecule has 1 aliphatic rings. The second-order valence-corrected chi connectivity index (χ2v) is 7.13. The van der Waals surface area contributed by atoms with Crippen LogP contribution in [0.15, 0.2) is 78.4 Å². The molecule has 1 aliphatic heterocycles. The molecule has 3 aromatic rings. The van der Waals surface area contributed by atoms with Crippen LogP contribution in [0.1, 0.15) is 17.2 Å². The van der Waals surface area contributed by atoms with Crippen LogP contribution in [0.3, 0.4) is 0 Å². The van der Waals surface area contributed by atoms with Crippen LogP contribution in [0, 0.1) is 5.82 Å². The lowest BCUT2D eigenvalue weighted by atomic mass is 9.94. The molecule has 1 unspecified atom stereocenters. The molecule has 0 radical (unpaired) electrons. The van der Waals surface area contributed by atoms with E-state index in [2.05, 4.69) is 0 Å². The molecule has 1 atom stereocenters. The highest BCUT2D eigenvalue weighted by molar-refractivity contribution is 6.51.